The summed E-state index contributed by atoms with van der Waals surface area (Å²) in [5.74, 6) is -2.05. The Morgan fingerprint density at radius 2 is 2.33 bits per heavy atom. The Hall–Kier alpha value is -1.66. The summed E-state index contributed by atoms with van der Waals surface area (Å²) in [7, 11) is 0. The van der Waals surface area contributed by atoms with E-state index >= 15 is 0 Å². The fourth-order valence-corrected chi connectivity index (χ4v) is 2.27. The normalized spacial score (nSPS) is 10.3. The van der Waals surface area contributed by atoms with Gasteiger partial charge in [0.15, 0.2) is 4.47 Å². The van der Waals surface area contributed by atoms with Crippen LogP contribution in [-0.2, 0) is 6.54 Å². The molecule has 0 aliphatic carbocycles. The van der Waals surface area contributed by atoms with Crippen molar-refractivity contribution in [3.8, 4) is 0 Å². The number of nitrogens with zero attached hydrogens (tertiary/aromatic N) is 1. The Kier molecular flexibility index (Phi) is 3.78. The lowest BCUT2D eigenvalue weighted by Gasteiger charge is -2.05. The lowest BCUT2D eigenvalue weighted by molar-refractivity contribution is 0.0692. The number of hydrogen-bond donors (Lipinski definition) is 2. The van der Waals surface area contributed by atoms with Gasteiger partial charge in [-0.25, -0.2) is 14.2 Å². The first-order chi connectivity index (χ1) is 8.56. The maximum absolute atomic E-state index is 13.4. The van der Waals surface area contributed by atoms with Crippen molar-refractivity contribution in [1.82, 2.24) is 4.98 Å². The maximum Gasteiger partial charge on any atom is 0.338 e. The quantitative estimate of drug-likeness (QED) is 0.906. The van der Waals surface area contributed by atoms with Crippen LogP contribution in [0.25, 0.3) is 0 Å². The van der Waals surface area contributed by atoms with E-state index in [-0.39, 0.29) is 5.56 Å². The molecule has 0 amide bonds. The molecule has 0 unspecified atom stereocenters. The van der Waals surface area contributed by atoms with Gasteiger partial charge in [0.2, 0.25) is 0 Å². The van der Waals surface area contributed by atoms with Crippen molar-refractivity contribution in [1.29, 1.82) is 0 Å². The molecule has 1 aromatic carbocycles. The zero-order chi connectivity index (χ0) is 13.1. The van der Waals surface area contributed by atoms with Crippen LogP contribution in [0.5, 0.6) is 0 Å². The van der Waals surface area contributed by atoms with Crippen LogP contribution in [0.15, 0.2) is 24.4 Å². The number of benzene rings is 1. The highest BCUT2D eigenvalue weighted by atomic mass is 35.5. The molecule has 1 aromatic heterocycles. The van der Waals surface area contributed by atoms with Gasteiger partial charge in [0.25, 0.3) is 0 Å². The van der Waals surface area contributed by atoms with Crippen LogP contribution in [0.3, 0.4) is 0 Å². The topological polar surface area (TPSA) is 62.2 Å². The molecule has 2 N–H and O–H groups in total. The van der Waals surface area contributed by atoms with Gasteiger partial charge in [-0.3, -0.25) is 0 Å². The summed E-state index contributed by atoms with van der Waals surface area (Å²) < 4.78 is 13.8. The van der Waals surface area contributed by atoms with Crippen molar-refractivity contribution in [2.24, 2.45) is 0 Å². The molecule has 0 radical (unpaired) electrons. The molecule has 0 saturated carbocycles. The van der Waals surface area contributed by atoms with Gasteiger partial charge in [-0.2, -0.15) is 0 Å². The average molecular weight is 287 g/mol. The molecule has 2 rings (SSSR count). The van der Waals surface area contributed by atoms with Crippen LogP contribution in [0.1, 0.15) is 15.2 Å². The lowest BCUT2D eigenvalue weighted by atomic mass is 10.2. The minimum absolute atomic E-state index is 0.346. The summed E-state index contributed by atoms with van der Waals surface area (Å²) in [6.45, 7) is 0.455. The van der Waals surface area contributed by atoms with E-state index in [1.165, 1.54) is 23.5 Å². The van der Waals surface area contributed by atoms with E-state index in [0.717, 1.165) is 10.9 Å². The Labute approximate surface area is 111 Å². The molecule has 7 heteroatoms. The van der Waals surface area contributed by atoms with Gasteiger partial charge in [0.05, 0.1) is 12.1 Å². The minimum Gasteiger partial charge on any atom is -0.478 e. The van der Waals surface area contributed by atoms with E-state index < -0.39 is 11.8 Å². The Morgan fingerprint density at radius 1 is 1.56 bits per heavy atom. The fraction of sp³-hybridized carbons (Fsp3) is 0.0909. The monoisotopic (exact) mass is 286 g/mol. The fourth-order valence-electron chi connectivity index (χ4n) is 1.35. The first-order valence-corrected chi connectivity index (χ1v) is 6.12. The van der Waals surface area contributed by atoms with Crippen LogP contribution in [-0.4, -0.2) is 16.1 Å². The summed E-state index contributed by atoms with van der Waals surface area (Å²) in [4.78, 5) is 15.4. The zero-order valence-electron chi connectivity index (χ0n) is 8.98. The van der Waals surface area contributed by atoms with Gasteiger partial charge in [-0.15, -0.1) is 11.3 Å². The number of rotatable bonds is 4. The number of carbonyl (C=O) groups is 1. The van der Waals surface area contributed by atoms with E-state index in [9.17, 15) is 9.18 Å². The maximum atomic E-state index is 13.4. The minimum atomic E-state index is -1.28. The molecule has 0 aliphatic rings. The molecular formula is C11H8ClFN2O2S. The number of thiazole rings is 1. The van der Waals surface area contributed by atoms with Crippen molar-refractivity contribution in [2.75, 3.05) is 5.32 Å². The summed E-state index contributed by atoms with van der Waals surface area (Å²) in [5.41, 5.74) is 0.156. The first-order valence-electron chi connectivity index (χ1n) is 4.93. The van der Waals surface area contributed by atoms with Crippen LogP contribution >= 0.6 is 22.9 Å². The molecule has 18 heavy (non-hydrogen) atoms. The van der Waals surface area contributed by atoms with Crippen LogP contribution in [0, 0.1) is 5.82 Å². The van der Waals surface area contributed by atoms with Gasteiger partial charge in [0, 0.05) is 16.8 Å². The van der Waals surface area contributed by atoms with E-state index in [2.05, 4.69) is 10.3 Å². The van der Waals surface area contributed by atoms with Crippen molar-refractivity contribution in [3.63, 3.8) is 0 Å². The van der Waals surface area contributed by atoms with Crippen molar-refractivity contribution >= 4 is 34.6 Å². The summed E-state index contributed by atoms with van der Waals surface area (Å²) in [6, 6.07) is 3.88. The number of aromatic nitrogens is 1. The van der Waals surface area contributed by atoms with Gasteiger partial charge in [-0.05, 0) is 18.2 Å². The van der Waals surface area contributed by atoms with Crippen LogP contribution < -0.4 is 5.32 Å². The largest absolute Gasteiger partial charge is 0.478 e. The molecular weight excluding hydrogens is 279 g/mol. The van der Waals surface area contributed by atoms with Gasteiger partial charge < -0.3 is 10.4 Å². The smallest absolute Gasteiger partial charge is 0.338 e. The highest BCUT2D eigenvalue weighted by Gasteiger charge is 2.10. The van der Waals surface area contributed by atoms with E-state index in [1.54, 1.807) is 6.20 Å². The molecule has 0 atom stereocenters. The predicted octanol–water partition coefficient (Wildman–Crippen LogP) is 3.25. The third kappa shape index (κ3) is 2.96. The molecule has 0 saturated heterocycles. The van der Waals surface area contributed by atoms with Crippen molar-refractivity contribution in [2.45, 2.75) is 6.54 Å². The second kappa shape index (κ2) is 5.32. The molecule has 0 aliphatic heterocycles. The molecule has 1 heterocycles. The van der Waals surface area contributed by atoms with Crippen LogP contribution in [0.2, 0.25) is 4.47 Å². The van der Waals surface area contributed by atoms with Gasteiger partial charge >= 0.3 is 5.97 Å². The Morgan fingerprint density at radius 3 is 2.89 bits per heavy atom. The number of hydrogen-bond acceptors (Lipinski definition) is 4. The lowest BCUT2D eigenvalue weighted by Crippen LogP contribution is -2.03. The Balaban J connectivity index is 2.06. The molecule has 0 bridgehead atoms. The number of carboxylic acids is 1. The Bertz CT molecular complexity index is 588. The number of halogens is 2. The molecule has 2 aromatic rings. The molecule has 4 nitrogen and oxygen atoms in total. The summed E-state index contributed by atoms with van der Waals surface area (Å²) in [5, 5.41) is 11.6. The third-order valence-corrected chi connectivity index (χ3v) is 3.31. The molecule has 0 spiro atoms. The van der Waals surface area contributed by atoms with Crippen molar-refractivity contribution < 1.29 is 14.3 Å². The van der Waals surface area contributed by atoms with Gasteiger partial charge in [-0.1, -0.05) is 11.6 Å². The molecule has 0 fully saturated rings. The SMILES string of the molecule is O=C(O)c1ccc(NCc2cnc(Cl)s2)cc1F. The van der Waals surface area contributed by atoms with E-state index in [4.69, 9.17) is 16.7 Å². The second-order valence-corrected chi connectivity index (χ2v) is 5.13. The number of anilines is 1. The molecule has 94 valence electrons. The number of carboxylic acid groups (broad SMARTS) is 1. The highest BCUT2D eigenvalue weighted by molar-refractivity contribution is 7.15. The summed E-state index contributed by atoms with van der Waals surface area (Å²) in [6.07, 6.45) is 1.63. The first kappa shape index (κ1) is 12.8. The number of aromatic carboxylic acids is 1. The average Bonchev–Trinajstić information content (AvgIpc) is 2.72. The van der Waals surface area contributed by atoms with Crippen LogP contribution in [0.4, 0.5) is 10.1 Å². The summed E-state index contributed by atoms with van der Waals surface area (Å²) >= 11 is 7.00. The standard InChI is InChI=1S/C11H8ClFN2O2S/c12-11-15-5-7(18-11)4-14-6-1-2-8(10(16)17)9(13)3-6/h1-3,5,14H,4H2,(H,16,17). The van der Waals surface area contributed by atoms with E-state index in [1.807, 2.05) is 0 Å². The third-order valence-electron chi connectivity index (χ3n) is 2.19. The predicted molar refractivity (Wildman–Crippen MR) is 67.8 cm³/mol. The zero-order valence-corrected chi connectivity index (χ0v) is 10.6. The van der Waals surface area contributed by atoms with Gasteiger partial charge in [0.1, 0.15) is 5.82 Å². The van der Waals surface area contributed by atoms with Crippen molar-refractivity contribution in [3.05, 3.63) is 45.1 Å². The highest BCUT2D eigenvalue weighted by Crippen LogP contribution is 2.20. The number of nitrogens with one attached hydrogen (secondary N) is 1. The van der Waals surface area contributed by atoms with E-state index in [0.29, 0.717) is 16.7 Å². The second-order valence-electron chi connectivity index (χ2n) is 3.43.